The van der Waals surface area contributed by atoms with E-state index in [1.165, 1.54) is 10.5 Å². The number of nitrogens with zero attached hydrogens (tertiary/aromatic N) is 1. The lowest BCUT2D eigenvalue weighted by Gasteiger charge is -2.32. The van der Waals surface area contributed by atoms with Crippen LogP contribution in [0.3, 0.4) is 0 Å². The van der Waals surface area contributed by atoms with Crippen molar-refractivity contribution in [2.45, 2.75) is 13.5 Å². The summed E-state index contributed by atoms with van der Waals surface area (Å²) >= 11 is 0. The third-order valence-electron chi connectivity index (χ3n) is 5.07. The lowest BCUT2D eigenvalue weighted by molar-refractivity contribution is -0.917. The van der Waals surface area contributed by atoms with Gasteiger partial charge in [-0.3, -0.25) is 4.79 Å². The predicted octanol–water partition coefficient (Wildman–Crippen LogP) is 1.35. The van der Waals surface area contributed by atoms with E-state index in [2.05, 4.69) is 12.1 Å². The minimum Gasteiger partial charge on any atom is -0.493 e. The number of quaternary nitrogens is 1. The van der Waals surface area contributed by atoms with Gasteiger partial charge in [0.25, 0.3) is 5.91 Å². The molecule has 0 saturated carbocycles. The molecular formula is C21H25N2O4+. The summed E-state index contributed by atoms with van der Waals surface area (Å²) in [6.45, 7) is 7.06. The van der Waals surface area contributed by atoms with Crippen LogP contribution in [0.1, 0.15) is 22.8 Å². The average Bonchev–Trinajstić information content (AvgIpc) is 3.17. The average molecular weight is 369 g/mol. The Balaban J connectivity index is 1.35. The maximum absolute atomic E-state index is 12.9. The number of hydrogen-bond donors (Lipinski definition) is 1. The Bertz CT molecular complexity index is 816. The number of nitrogens with one attached hydrogen (secondary N) is 1. The zero-order valence-corrected chi connectivity index (χ0v) is 15.6. The van der Waals surface area contributed by atoms with Crippen LogP contribution in [0.4, 0.5) is 0 Å². The SMILES string of the molecule is CCOc1ccccc1C(=O)N1CC[NH+](Cc2ccc3c(c2)OCO3)CC1. The summed E-state index contributed by atoms with van der Waals surface area (Å²) in [6, 6.07) is 13.6. The van der Waals surface area contributed by atoms with Crippen molar-refractivity contribution in [2.75, 3.05) is 39.6 Å². The van der Waals surface area contributed by atoms with Crippen molar-refractivity contribution >= 4 is 5.91 Å². The first-order valence-electron chi connectivity index (χ1n) is 9.48. The second-order valence-electron chi connectivity index (χ2n) is 6.84. The molecule has 2 aromatic rings. The van der Waals surface area contributed by atoms with Gasteiger partial charge in [-0.25, -0.2) is 0 Å². The van der Waals surface area contributed by atoms with Crippen LogP contribution in [0.25, 0.3) is 0 Å². The van der Waals surface area contributed by atoms with Gasteiger partial charge in [0.15, 0.2) is 11.5 Å². The van der Waals surface area contributed by atoms with E-state index >= 15 is 0 Å². The quantitative estimate of drug-likeness (QED) is 0.865. The summed E-state index contributed by atoms with van der Waals surface area (Å²) in [5.74, 6) is 2.37. The number of benzene rings is 2. The lowest BCUT2D eigenvalue weighted by atomic mass is 10.1. The van der Waals surface area contributed by atoms with Gasteiger partial charge in [0.1, 0.15) is 12.3 Å². The van der Waals surface area contributed by atoms with E-state index in [1.807, 2.05) is 42.2 Å². The molecule has 2 heterocycles. The summed E-state index contributed by atoms with van der Waals surface area (Å²) in [5.41, 5.74) is 1.88. The lowest BCUT2D eigenvalue weighted by Crippen LogP contribution is -3.13. The van der Waals surface area contributed by atoms with Crippen LogP contribution in [0.2, 0.25) is 0 Å². The van der Waals surface area contributed by atoms with Crippen molar-refractivity contribution in [3.8, 4) is 17.2 Å². The molecule has 2 aromatic carbocycles. The molecule has 1 fully saturated rings. The minimum atomic E-state index is 0.0566. The highest BCUT2D eigenvalue weighted by atomic mass is 16.7. The fraction of sp³-hybridized carbons (Fsp3) is 0.381. The third-order valence-corrected chi connectivity index (χ3v) is 5.07. The normalized spacial score (nSPS) is 16.4. The number of carbonyl (C=O) groups excluding carboxylic acids is 1. The molecule has 6 nitrogen and oxygen atoms in total. The highest BCUT2D eigenvalue weighted by Gasteiger charge is 2.26. The van der Waals surface area contributed by atoms with Crippen LogP contribution in [0.5, 0.6) is 17.2 Å². The van der Waals surface area contributed by atoms with Crippen molar-refractivity contribution in [2.24, 2.45) is 0 Å². The Morgan fingerprint density at radius 1 is 1.11 bits per heavy atom. The molecule has 1 saturated heterocycles. The number of fused-ring (bicyclic) bond motifs is 1. The summed E-state index contributed by atoms with van der Waals surface area (Å²) in [4.78, 5) is 16.3. The van der Waals surface area contributed by atoms with Gasteiger partial charge in [-0.1, -0.05) is 12.1 Å². The van der Waals surface area contributed by atoms with Gasteiger partial charge in [-0.05, 0) is 37.3 Å². The molecule has 0 unspecified atom stereocenters. The Morgan fingerprint density at radius 3 is 2.70 bits per heavy atom. The Morgan fingerprint density at radius 2 is 1.89 bits per heavy atom. The molecule has 0 radical (unpaired) electrons. The molecule has 4 rings (SSSR count). The van der Waals surface area contributed by atoms with Crippen LogP contribution < -0.4 is 19.1 Å². The summed E-state index contributed by atoms with van der Waals surface area (Å²) in [5, 5.41) is 0. The van der Waals surface area contributed by atoms with Gasteiger partial charge >= 0.3 is 0 Å². The zero-order valence-electron chi connectivity index (χ0n) is 15.6. The molecular weight excluding hydrogens is 344 g/mol. The van der Waals surface area contributed by atoms with Gasteiger partial charge in [-0.15, -0.1) is 0 Å². The third kappa shape index (κ3) is 3.85. The van der Waals surface area contributed by atoms with E-state index in [0.717, 1.165) is 44.2 Å². The van der Waals surface area contributed by atoms with Crippen LogP contribution in [-0.4, -0.2) is 50.4 Å². The second kappa shape index (κ2) is 7.88. The maximum Gasteiger partial charge on any atom is 0.258 e. The van der Waals surface area contributed by atoms with Crippen LogP contribution >= 0.6 is 0 Å². The van der Waals surface area contributed by atoms with Crippen molar-refractivity contribution < 1.29 is 23.9 Å². The number of hydrogen-bond acceptors (Lipinski definition) is 4. The van der Waals surface area contributed by atoms with E-state index < -0.39 is 0 Å². The molecule has 142 valence electrons. The largest absolute Gasteiger partial charge is 0.493 e. The molecule has 27 heavy (non-hydrogen) atoms. The molecule has 1 amide bonds. The Kier molecular flexibility index (Phi) is 5.16. The fourth-order valence-electron chi connectivity index (χ4n) is 3.64. The molecule has 2 aliphatic heterocycles. The number of ether oxygens (including phenoxy) is 3. The van der Waals surface area contributed by atoms with E-state index in [9.17, 15) is 4.79 Å². The number of para-hydroxylation sites is 1. The molecule has 0 aliphatic carbocycles. The summed E-state index contributed by atoms with van der Waals surface area (Å²) < 4.78 is 16.4. The minimum absolute atomic E-state index is 0.0566. The fourth-order valence-corrected chi connectivity index (χ4v) is 3.64. The first-order valence-corrected chi connectivity index (χ1v) is 9.48. The summed E-state index contributed by atoms with van der Waals surface area (Å²) in [6.07, 6.45) is 0. The summed E-state index contributed by atoms with van der Waals surface area (Å²) in [7, 11) is 0. The Hall–Kier alpha value is -2.73. The van der Waals surface area contributed by atoms with Gasteiger partial charge in [-0.2, -0.15) is 0 Å². The highest BCUT2D eigenvalue weighted by Crippen LogP contribution is 2.32. The van der Waals surface area contributed by atoms with Crippen molar-refractivity contribution in [3.05, 3.63) is 53.6 Å². The Labute approximate surface area is 159 Å². The molecule has 2 aliphatic rings. The van der Waals surface area contributed by atoms with E-state index in [1.54, 1.807) is 0 Å². The van der Waals surface area contributed by atoms with E-state index in [-0.39, 0.29) is 5.91 Å². The van der Waals surface area contributed by atoms with Gasteiger partial charge in [0, 0.05) is 5.56 Å². The highest BCUT2D eigenvalue weighted by molar-refractivity contribution is 5.97. The van der Waals surface area contributed by atoms with Gasteiger partial charge in [0.05, 0.1) is 38.3 Å². The van der Waals surface area contributed by atoms with Crippen molar-refractivity contribution in [1.82, 2.24) is 4.90 Å². The number of carbonyl (C=O) groups is 1. The van der Waals surface area contributed by atoms with Crippen molar-refractivity contribution in [3.63, 3.8) is 0 Å². The standard InChI is InChI=1S/C21H24N2O4/c1-2-25-18-6-4-3-5-17(18)21(24)23-11-9-22(10-12-23)14-16-7-8-19-20(13-16)27-15-26-19/h3-8,13H,2,9-12,14-15H2,1H3/p+1. The first-order chi connectivity index (χ1) is 13.2. The van der Waals surface area contributed by atoms with Crippen molar-refractivity contribution in [1.29, 1.82) is 0 Å². The van der Waals surface area contributed by atoms with E-state index in [4.69, 9.17) is 14.2 Å². The molecule has 0 aromatic heterocycles. The van der Waals surface area contributed by atoms with Crippen LogP contribution in [-0.2, 0) is 6.54 Å². The molecule has 1 N–H and O–H groups in total. The van der Waals surface area contributed by atoms with Gasteiger partial charge in [0.2, 0.25) is 6.79 Å². The number of amides is 1. The number of piperazine rings is 1. The molecule has 0 spiro atoms. The molecule has 6 heteroatoms. The smallest absolute Gasteiger partial charge is 0.258 e. The van der Waals surface area contributed by atoms with Gasteiger partial charge < -0.3 is 24.0 Å². The molecule has 0 atom stereocenters. The monoisotopic (exact) mass is 369 g/mol. The first kappa shape index (κ1) is 17.7. The second-order valence-corrected chi connectivity index (χ2v) is 6.84. The number of rotatable bonds is 5. The van der Waals surface area contributed by atoms with Crippen LogP contribution in [0.15, 0.2) is 42.5 Å². The predicted molar refractivity (Wildman–Crippen MR) is 100 cm³/mol. The van der Waals surface area contributed by atoms with Crippen LogP contribution in [0, 0.1) is 0 Å². The molecule has 0 bridgehead atoms. The van der Waals surface area contributed by atoms with E-state index in [0.29, 0.717) is 24.7 Å². The zero-order chi connectivity index (χ0) is 18.6. The topological polar surface area (TPSA) is 52.4 Å². The maximum atomic E-state index is 12.9.